The van der Waals surface area contributed by atoms with E-state index in [1.165, 1.54) is 6.20 Å². The maximum absolute atomic E-state index is 12.9. The van der Waals surface area contributed by atoms with Crippen LogP contribution in [0.1, 0.15) is 15.9 Å². The topological polar surface area (TPSA) is 136 Å². The SMILES string of the molecule is COc1ccc(NC(=O)c2cc3ccccc3c(/N=N/c3[nH]ncc3C#N)c2O)cc1. The molecule has 0 bridgehead atoms. The number of amides is 1. The molecule has 1 heterocycles. The Kier molecular flexibility index (Phi) is 5.27. The molecule has 0 saturated heterocycles. The van der Waals surface area contributed by atoms with E-state index in [1.54, 1.807) is 55.6 Å². The number of phenolic OH excluding ortho intramolecular Hbond substituents is 1. The predicted octanol–water partition coefficient (Wildman–Crippen LogP) is 4.82. The van der Waals surface area contributed by atoms with Gasteiger partial charge in [-0.05, 0) is 35.7 Å². The molecule has 9 nitrogen and oxygen atoms in total. The fourth-order valence-electron chi connectivity index (χ4n) is 3.00. The number of azo groups is 1. The molecule has 31 heavy (non-hydrogen) atoms. The van der Waals surface area contributed by atoms with E-state index in [0.717, 1.165) is 0 Å². The fraction of sp³-hybridized carbons (Fsp3) is 0.0455. The van der Waals surface area contributed by atoms with Crippen molar-refractivity contribution in [2.45, 2.75) is 0 Å². The minimum atomic E-state index is -0.510. The third-order valence-electron chi connectivity index (χ3n) is 4.58. The number of anilines is 1. The van der Waals surface area contributed by atoms with Crippen molar-refractivity contribution in [3.05, 3.63) is 71.9 Å². The molecule has 1 aromatic heterocycles. The van der Waals surface area contributed by atoms with Crippen molar-refractivity contribution in [1.82, 2.24) is 10.2 Å². The Morgan fingerprint density at radius 2 is 1.97 bits per heavy atom. The summed E-state index contributed by atoms with van der Waals surface area (Å²) in [5.41, 5.74) is 0.892. The highest BCUT2D eigenvalue weighted by atomic mass is 16.5. The molecule has 4 aromatic rings. The minimum absolute atomic E-state index is 0.0357. The number of carbonyl (C=O) groups is 1. The number of phenols is 1. The molecule has 0 atom stereocenters. The average molecular weight is 412 g/mol. The smallest absolute Gasteiger partial charge is 0.259 e. The number of hydrogen-bond acceptors (Lipinski definition) is 7. The molecule has 1 amide bonds. The Labute approximate surface area is 176 Å². The van der Waals surface area contributed by atoms with Crippen molar-refractivity contribution >= 4 is 33.9 Å². The van der Waals surface area contributed by atoms with Crippen molar-refractivity contribution < 1.29 is 14.6 Å². The first-order valence-corrected chi connectivity index (χ1v) is 9.16. The number of methoxy groups -OCH3 is 1. The summed E-state index contributed by atoms with van der Waals surface area (Å²) in [5, 5.41) is 38.4. The first kappa shape index (κ1) is 19.6. The molecule has 3 N–H and O–H groups in total. The molecule has 3 aromatic carbocycles. The number of aromatic amines is 1. The van der Waals surface area contributed by atoms with Crippen molar-refractivity contribution in [1.29, 1.82) is 5.26 Å². The Bertz CT molecular complexity index is 1340. The molecular weight excluding hydrogens is 396 g/mol. The highest BCUT2D eigenvalue weighted by Crippen LogP contribution is 2.39. The molecule has 0 aliphatic carbocycles. The summed E-state index contributed by atoms with van der Waals surface area (Å²) in [4.78, 5) is 12.9. The third-order valence-corrected chi connectivity index (χ3v) is 4.58. The molecule has 0 aliphatic heterocycles. The van der Waals surface area contributed by atoms with Crippen molar-refractivity contribution in [3.63, 3.8) is 0 Å². The van der Waals surface area contributed by atoms with Gasteiger partial charge in [-0.15, -0.1) is 10.2 Å². The Balaban J connectivity index is 1.75. The molecule has 0 radical (unpaired) electrons. The van der Waals surface area contributed by atoms with E-state index in [2.05, 4.69) is 25.7 Å². The van der Waals surface area contributed by atoms with Crippen LogP contribution in [0.25, 0.3) is 10.8 Å². The summed E-state index contributed by atoms with van der Waals surface area (Å²) in [6, 6.07) is 17.5. The zero-order valence-corrected chi connectivity index (χ0v) is 16.3. The molecule has 0 spiro atoms. The molecule has 0 aliphatic rings. The normalized spacial score (nSPS) is 10.8. The lowest BCUT2D eigenvalue weighted by Crippen LogP contribution is -2.12. The molecule has 9 heteroatoms. The van der Waals surface area contributed by atoms with Crippen LogP contribution in [0.3, 0.4) is 0 Å². The van der Waals surface area contributed by atoms with Crippen molar-refractivity contribution in [3.8, 4) is 17.6 Å². The lowest BCUT2D eigenvalue weighted by molar-refractivity contribution is 0.102. The number of carbonyl (C=O) groups excluding carboxylic acids is 1. The van der Waals surface area contributed by atoms with Gasteiger partial charge < -0.3 is 15.2 Å². The monoisotopic (exact) mass is 412 g/mol. The predicted molar refractivity (Wildman–Crippen MR) is 114 cm³/mol. The first-order valence-electron chi connectivity index (χ1n) is 9.16. The zero-order valence-electron chi connectivity index (χ0n) is 16.3. The number of ether oxygens (including phenoxy) is 1. The Morgan fingerprint density at radius 3 is 2.71 bits per heavy atom. The lowest BCUT2D eigenvalue weighted by Gasteiger charge is -2.11. The van der Waals surface area contributed by atoms with Gasteiger partial charge in [0.15, 0.2) is 11.6 Å². The van der Waals surface area contributed by atoms with Gasteiger partial charge in [0.1, 0.15) is 23.1 Å². The van der Waals surface area contributed by atoms with Crippen LogP contribution < -0.4 is 10.1 Å². The van der Waals surface area contributed by atoms with Gasteiger partial charge >= 0.3 is 0 Å². The number of nitriles is 1. The number of aromatic nitrogens is 2. The number of nitrogens with one attached hydrogen (secondary N) is 2. The van der Waals surface area contributed by atoms with Crippen LogP contribution >= 0.6 is 0 Å². The second-order valence-corrected chi connectivity index (χ2v) is 6.47. The highest BCUT2D eigenvalue weighted by Gasteiger charge is 2.19. The maximum atomic E-state index is 12.9. The van der Waals surface area contributed by atoms with E-state index < -0.39 is 5.91 Å². The number of aromatic hydroxyl groups is 1. The van der Waals surface area contributed by atoms with Gasteiger partial charge in [0, 0.05) is 11.1 Å². The van der Waals surface area contributed by atoms with Crippen LogP contribution in [-0.4, -0.2) is 28.3 Å². The van der Waals surface area contributed by atoms with E-state index >= 15 is 0 Å². The van der Waals surface area contributed by atoms with E-state index in [9.17, 15) is 9.90 Å². The van der Waals surface area contributed by atoms with Crippen LogP contribution in [0.2, 0.25) is 0 Å². The molecule has 4 rings (SSSR count). The minimum Gasteiger partial charge on any atom is -0.505 e. The summed E-state index contributed by atoms with van der Waals surface area (Å²) in [5.74, 6) is -0.0283. The van der Waals surface area contributed by atoms with E-state index in [-0.39, 0.29) is 28.4 Å². The first-order chi connectivity index (χ1) is 15.1. The second kappa shape index (κ2) is 8.34. The van der Waals surface area contributed by atoms with Gasteiger partial charge in [-0.2, -0.15) is 10.4 Å². The molecule has 0 saturated carbocycles. The quantitative estimate of drug-likeness (QED) is 0.404. The van der Waals surface area contributed by atoms with Gasteiger partial charge in [-0.1, -0.05) is 24.3 Å². The summed E-state index contributed by atoms with van der Waals surface area (Å²) < 4.78 is 5.11. The van der Waals surface area contributed by atoms with E-state index in [0.29, 0.717) is 22.2 Å². The van der Waals surface area contributed by atoms with Crippen molar-refractivity contribution in [2.24, 2.45) is 10.2 Å². The zero-order chi connectivity index (χ0) is 21.8. The molecule has 0 unspecified atom stereocenters. The van der Waals surface area contributed by atoms with Crippen LogP contribution in [0, 0.1) is 11.3 Å². The average Bonchev–Trinajstić information content (AvgIpc) is 3.26. The number of H-pyrrole nitrogens is 1. The summed E-state index contributed by atoms with van der Waals surface area (Å²) >= 11 is 0. The molecule has 0 fully saturated rings. The van der Waals surface area contributed by atoms with Crippen LogP contribution in [0.5, 0.6) is 11.5 Å². The van der Waals surface area contributed by atoms with Gasteiger partial charge in [0.2, 0.25) is 0 Å². The summed E-state index contributed by atoms with van der Waals surface area (Å²) in [7, 11) is 1.56. The largest absolute Gasteiger partial charge is 0.505 e. The Hall–Kier alpha value is -4.71. The third kappa shape index (κ3) is 3.90. The lowest BCUT2D eigenvalue weighted by atomic mass is 10.0. The number of rotatable bonds is 5. The van der Waals surface area contributed by atoms with Crippen LogP contribution in [0.15, 0.2) is 71.0 Å². The second-order valence-electron chi connectivity index (χ2n) is 6.47. The maximum Gasteiger partial charge on any atom is 0.259 e. The highest BCUT2D eigenvalue weighted by molar-refractivity contribution is 6.11. The van der Waals surface area contributed by atoms with Crippen LogP contribution in [-0.2, 0) is 0 Å². The van der Waals surface area contributed by atoms with Gasteiger partial charge in [-0.3, -0.25) is 9.89 Å². The molecular formula is C22H16N6O3. The molecule has 152 valence electrons. The van der Waals surface area contributed by atoms with E-state index in [4.69, 9.17) is 10.00 Å². The number of fused-ring (bicyclic) bond motifs is 1. The number of nitrogens with zero attached hydrogens (tertiary/aromatic N) is 4. The van der Waals surface area contributed by atoms with Gasteiger partial charge in [0.25, 0.3) is 5.91 Å². The standard InChI is InChI=1S/C22H16N6O3/c1-31-16-8-6-15(7-9-16)25-22(30)18-10-13-4-2-3-5-17(13)19(20(18)29)26-28-21-14(11-23)12-24-27-21/h2-10,12,29H,1H3,(H,24,27)(H,25,30)/b28-26+. The number of hydrogen-bond donors (Lipinski definition) is 3. The fourth-order valence-corrected chi connectivity index (χ4v) is 3.00. The van der Waals surface area contributed by atoms with E-state index in [1.807, 2.05) is 12.1 Å². The summed E-state index contributed by atoms with van der Waals surface area (Å²) in [6.07, 6.45) is 1.32. The van der Waals surface area contributed by atoms with Gasteiger partial charge in [0.05, 0.1) is 18.9 Å². The summed E-state index contributed by atoms with van der Waals surface area (Å²) in [6.45, 7) is 0. The Morgan fingerprint density at radius 1 is 1.19 bits per heavy atom. The number of benzene rings is 3. The van der Waals surface area contributed by atoms with Crippen molar-refractivity contribution in [2.75, 3.05) is 12.4 Å². The van der Waals surface area contributed by atoms with Crippen LogP contribution in [0.4, 0.5) is 17.2 Å². The van der Waals surface area contributed by atoms with Gasteiger partial charge in [-0.25, -0.2) is 0 Å².